The van der Waals surface area contributed by atoms with Crippen molar-refractivity contribution < 1.29 is 12.8 Å². The number of rotatable bonds is 7. The Bertz CT molecular complexity index is 1000. The van der Waals surface area contributed by atoms with Crippen molar-refractivity contribution in [3.8, 4) is 0 Å². The average molecular weight is 384 g/mol. The van der Waals surface area contributed by atoms with Gasteiger partial charge < -0.3 is 5.32 Å². The summed E-state index contributed by atoms with van der Waals surface area (Å²) >= 11 is 0. The largest absolute Gasteiger partial charge is 0.385 e. The van der Waals surface area contributed by atoms with Crippen LogP contribution in [0.5, 0.6) is 0 Å². The highest BCUT2D eigenvalue weighted by molar-refractivity contribution is 7.92. The van der Waals surface area contributed by atoms with Gasteiger partial charge in [0.15, 0.2) is 0 Å². The SMILES string of the molecule is Cc1ccccc1S(=O)(=O)Nc1ccc(NCCc2ccc(F)cc2)cc1. The molecule has 3 aromatic rings. The monoisotopic (exact) mass is 384 g/mol. The van der Waals surface area contributed by atoms with Crippen LogP contribution in [-0.2, 0) is 16.4 Å². The van der Waals surface area contributed by atoms with E-state index >= 15 is 0 Å². The molecule has 4 nitrogen and oxygen atoms in total. The van der Waals surface area contributed by atoms with E-state index in [1.54, 1.807) is 55.5 Å². The highest BCUT2D eigenvalue weighted by Crippen LogP contribution is 2.20. The van der Waals surface area contributed by atoms with Crippen molar-refractivity contribution in [3.05, 3.63) is 89.7 Å². The van der Waals surface area contributed by atoms with Crippen molar-refractivity contribution in [2.45, 2.75) is 18.2 Å². The van der Waals surface area contributed by atoms with Crippen LogP contribution in [0, 0.1) is 12.7 Å². The lowest BCUT2D eigenvalue weighted by Gasteiger charge is -2.11. The molecule has 0 aromatic heterocycles. The Labute approximate surface area is 159 Å². The van der Waals surface area contributed by atoms with Gasteiger partial charge in [0.05, 0.1) is 4.90 Å². The van der Waals surface area contributed by atoms with E-state index in [2.05, 4.69) is 10.0 Å². The third kappa shape index (κ3) is 5.08. The zero-order valence-corrected chi connectivity index (χ0v) is 15.8. The molecule has 140 valence electrons. The molecule has 0 aliphatic heterocycles. The third-order valence-corrected chi connectivity index (χ3v) is 5.72. The standard InChI is InChI=1S/C21H21FN2O2S/c1-16-4-2-3-5-21(16)27(25,26)24-20-12-10-19(11-13-20)23-15-14-17-6-8-18(22)9-7-17/h2-13,23-24H,14-15H2,1H3. The molecule has 0 saturated carbocycles. The molecule has 0 fully saturated rings. The molecule has 0 atom stereocenters. The fraction of sp³-hybridized carbons (Fsp3) is 0.143. The van der Waals surface area contributed by atoms with E-state index in [1.165, 1.54) is 12.1 Å². The van der Waals surface area contributed by atoms with E-state index in [0.29, 0.717) is 17.8 Å². The van der Waals surface area contributed by atoms with Crippen LogP contribution in [0.2, 0.25) is 0 Å². The van der Waals surface area contributed by atoms with Crippen LogP contribution in [0.25, 0.3) is 0 Å². The molecule has 0 spiro atoms. The van der Waals surface area contributed by atoms with E-state index in [1.807, 2.05) is 12.1 Å². The van der Waals surface area contributed by atoms with Crippen LogP contribution in [0.1, 0.15) is 11.1 Å². The molecule has 0 bridgehead atoms. The molecular weight excluding hydrogens is 363 g/mol. The normalized spacial score (nSPS) is 11.2. The van der Waals surface area contributed by atoms with Crippen molar-refractivity contribution in [1.82, 2.24) is 0 Å². The summed E-state index contributed by atoms with van der Waals surface area (Å²) in [6.07, 6.45) is 0.766. The molecule has 6 heteroatoms. The molecular formula is C21H21FN2O2S. The first kappa shape index (κ1) is 18.9. The van der Waals surface area contributed by atoms with Crippen molar-refractivity contribution >= 4 is 21.4 Å². The minimum absolute atomic E-state index is 0.240. The van der Waals surface area contributed by atoms with Gasteiger partial charge in [-0.2, -0.15) is 0 Å². The molecule has 3 rings (SSSR count). The fourth-order valence-corrected chi connectivity index (χ4v) is 4.03. The first-order valence-electron chi connectivity index (χ1n) is 8.61. The van der Waals surface area contributed by atoms with Gasteiger partial charge in [0, 0.05) is 17.9 Å². The Morgan fingerprint density at radius 3 is 2.15 bits per heavy atom. The summed E-state index contributed by atoms with van der Waals surface area (Å²) in [6, 6.07) is 20.4. The van der Waals surface area contributed by atoms with Gasteiger partial charge in [-0.1, -0.05) is 30.3 Å². The Morgan fingerprint density at radius 1 is 0.852 bits per heavy atom. The van der Waals surface area contributed by atoms with Gasteiger partial charge in [0.2, 0.25) is 0 Å². The van der Waals surface area contributed by atoms with E-state index in [4.69, 9.17) is 0 Å². The lowest BCUT2D eigenvalue weighted by Crippen LogP contribution is -2.14. The van der Waals surface area contributed by atoms with Gasteiger partial charge in [0.1, 0.15) is 5.82 Å². The quantitative estimate of drug-likeness (QED) is 0.626. The second-order valence-corrected chi connectivity index (χ2v) is 7.90. The molecule has 0 unspecified atom stereocenters. The van der Waals surface area contributed by atoms with Crippen LogP contribution < -0.4 is 10.0 Å². The smallest absolute Gasteiger partial charge is 0.262 e. The highest BCUT2D eigenvalue weighted by atomic mass is 32.2. The van der Waals surface area contributed by atoms with Crippen LogP contribution >= 0.6 is 0 Å². The van der Waals surface area contributed by atoms with Crippen LogP contribution in [0.3, 0.4) is 0 Å². The number of halogens is 1. The molecule has 0 radical (unpaired) electrons. The molecule has 27 heavy (non-hydrogen) atoms. The van der Waals surface area contributed by atoms with Gasteiger partial charge in [-0.05, 0) is 66.9 Å². The summed E-state index contributed by atoms with van der Waals surface area (Å²) in [6.45, 7) is 2.46. The second kappa shape index (κ2) is 8.22. The Balaban J connectivity index is 1.58. The lowest BCUT2D eigenvalue weighted by molar-refractivity contribution is 0.600. The second-order valence-electron chi connectivity index (χ2n) is 6.25. The number of anilines is 2. The molecule has 0 aliphatic rings. The van der Waals surface area contributed by atoms with E-state index < -0.39 is 10.0 Å². The van der Waals surface area contributed by atoms with Gasteiger partial charge in [0.25, 0.3) is 10.0 Å². The van der Waals surface area contributed by atoms with Gasteiger partial charge in [-0.15, -0.1) is 0 Å². The Morgan fingerprint density at radius 2 is 1.48 bits per heavy atom. The van der Waals surface area contributed by atoms with Crippen molar-refractivity contribution in [2.24, 2.45) is 0 Å². The average Bonchev–Trinajstić information content (AvgIpc) is 2.65. The summed E-state index contributed by atoms with van der Waals surface area (Å²) in [5, 5.41) is 3.27. The minimum atomic E-state index is -3.61. The highest BCUT2D eigenvalue weighted by Gasteiger charge is 2.16. The van der Waals surface area contributed by atoms with E-state index in [0.717, 1.165) is 17.7 Å². The molecule has 0 aliphatic carbocycles. The number of benzene rings is 3. The summed E-state index contributed by atoms with van der Waals surface area (Å²) < 4.78 is 40.5. The lowest BCUT2D eigenvalue weighted by atomic mass is 10.1. The van der Waals surface area contributed by atoms with Gasteiger partial charge in [-0.3, -0.25) is 4.72 Å². The molecule has 0 saturated heterocycles. The summed E-state index contributed by atoms with van der Waals surface area (Å²) in [5.74, 6) is -0.240. The predicted molar refractivity (Wildman–Crippen MR) is 107 cm³/mol. The number of sulfonamides is 1. The van der Waals surface area contributed by atoms with Crippen LogP contribution in [0.4, 0.5) is 15.8 Å². The number of nitrogens with one attached hydrogen (secondary N) is 2. The van der Waals surface area contributed by atoms with Crippen LogP contribution in [-0.4, -0.2) is 15.0 Å². The topological polar surface area (TPSA) is 58.2 Å². The predicted octanol–water partition coefficient (Wildman–Crippen LogP) is 4.59. The van der Waals surface area contributed by atoms with Gasteiger partial charge in [-0.25, -0.2) is 12.8 Å². The Kier molecular flexibility index (Phi) is 5.76. The first-order valence-corrected chi connectivity index (χ1v) is 10.1. The van der Waals surface area contributed by atoms with E-state index in [-0.39, 0.29) is 10.7 Å². The minimum Gasteiger partial charge on any atom is -0.385 e. The first-order chi connectivity index (χ1) is 12.9. The molecule has 0 amide bonds. The zero-order valence-electron chi connectivity index (χ0n) is 14.9. The molecule has 0 heterocycles. The summed E-state index contributed by atoms with van der Waals surface area (Å²) in [7, 11) is -3.61. The number of hydrogen-bond donors (Lipinski definition) is 2. The maximum absolute atomic E-state index is 12.9. The zero-order chi connectivity index (χ0) is 19.3. The number of hydrogen-bond acceptors (Lipinski definition) is 3. The fourth-order valence-electron chi connectivity index (χ4n) is 2.73. The van der Waals surface area contributed by atoms with Crippen molar-refractivity contribution in [3.63, 3.8) is 0 Å². The molecule has 3 aromatic carbocycles. The van der Waals surface area contributed by atoms with Gasteiger partial charge >= 0.3 is 0 Å². The molecule has 2 N–H and O–H groups in total. The van der Waals surface area contributed by atoms with Crippen molar-refractivity contribution in [2.75, 3.05) is 16.6 Å². The van der Waals surface area contributed by atoms with Crippen LogP contribution in [0.15, 0.2) is 77.7 Å². The summed E-state index contributed by atoms with van der Waals surface area (Å²) in [4.78, 5) is 0.270. The maximum Gasteiger partial charge on any atom is 0.262 e. The summed E-state index contributed by atoms with van der Waals surface area (Å²) in [5.41, 5.74) is 3.13. The Hall–Kier alpha value is -2.86. The van der Waals surface area contributed by atoms with E-state index in [9.17, 15) is 12.8 Å². The number of aryl methyl sites for hydroxylation is 1. The maximum atomic E-state index is 12.9. The third-order valence-electron chi connectivity index (χ3n) is 4.18. The van der Waals surface area contributed by atoms with Crippen molar-refractivity contribution in [1.29, 1.82) is 0 Å².